The van der Waals surface area contributed by atoms with Crippen molar-refractivity contribution in [3.63, 3.8) is 0 Å². The normalized spacial score (nSPS) is 14.2. The van der Waals surface area contributed by atoms with Gasteiger partial charge in [0.2, 0.25) is 23.6 Å². The zero-order chi connectivity index (χ0) is 45.6. The van der Waals surface area contributed by atoms with E-state index in [4.69, 9.17) is 9.47 Å². The molecule has 60 heavy (non-hydrogen) atoms. The van der Waals surface area contributed by atoms with Gasteiger partial charge in [-0.3, -0.25) is 43.3 Å². The summed E-state index contributed by atoms with van der Waals surface area (Å²) in [5.41, 5.74) is 9.87. The van der Waals surface area contributed by atoms with Crippen molar-refractivity contribution in [1.29, 1.82) is 0 Å². The first-order valence-corrected chi connectivity index (χ1v) is 20.8. The molecule has 4 atom stereocenters. The Hall–Kier alpha value is -5.16. The van der Waals surface area contributed by atoms with Gasteiger partial charge in [0.05, 0.1) is 24.7 Å². The summed E-state index contributed by atoms with van der Waals surface area (Å²) in [4.78, 5) is 102. The number of esters is 2. The van der Waals surface area contributed by atoms with Gasteiger partial charge in [0.1, 0.15) is 23.8 Å². The van der Waals surface area contributed by atoms with Gasteiger partial charge in [-0.15, -0.1) is 0 Å². The van der Waals surface area contributed by atoms with E-state index in [1.807, 2.05) is 6.92 Å². The average Bonchev–Trinajstić information content (AvgIpc) is 3.22. The number of unbranched alkanes of at least 4 members (excludes halogenated alkanes) is 2. The van der Waals surface area contributed by atoms with Crippen LogP contribution in [0.2, 0.25) is 0 Å². The van der Waals surface area contributed by atoms with Crippen LogP contribution in [0.5, 0.6) is 0 Å². The molecule has 0 fully saturated rings. The number of Topliss-reactive ketones (excluding diaryl/α,β-unsaturated/α-hetero) is 2. The molecule has 0 aliphatic rings. The van der Waals surface area contributed by atoms with E-state index in [2.05, 4.69) is 41.9 Å². The minimum atomic E-state index is -0.661. The van der Waals surface area contributed by atoms with Gasteiger partial charge in [-0.2, -0.15) is 15.3 Å². The topological polar surface area (TPSA) is 253 Å². The number of aliphatic imine (C=N–C) groups is 1. The summed E-state index contributed by atoms with van der Waals surface area (Å²) in [7, 11) is 3.24. The largest absolute Gasteiger partial charge is 0.462 e. The molecule has 0 bridgehead atoms. The van der Waals surface area contributed by atoms with Gasteiger partial charge < -0.3 is 14.8 Å². The lowest BCUT2D eigenvalue weighted by molar-refractivity contribution is -0.153. The van der Waals surface area contributed by atoms with Crippen LogP contribution in [0.3, 0.4) is 0 Å². The molecular formula is C42H70N8O10. The van der Waals surface area contributed by atoms with Crippen molar-refractivity contribution in [3.05, 3.63) is 0 Å². The lowest BCUT2D eigenvalue weighted by atomic mass is 9.96. The third-order valence-corrected chi connectivity index (χ3v) is 9.80. The Balaban J connectivity index is 4.34. The number of rotatable bonds is 31. The minimum Gasteiger partial charge on any atom is -0.462 e. The van der Waals surface area contributed by atoms with Gasteiger partial charge in [-0.05, 0) is 92.9 Å². The van der Waals surface area contributed by atoms with Gasteiger partial charge in [-0.25, -0.2) is 16.3 Å². The van der Waals surface area contributed by atoms with E-state index in [9.17, 15) is 38.4 Å². The van der Waals surface area contributed by atoms with Crippen LogP contribution < -0.4 is 21.6 Å². The highest BCUT2D eigenvalue weighted by molar-refractivity contribution is 5.91. The highest BCUT2D eigenvalue weighted by Crippen LogP contribution is 2.15. The molecule has 338 valence electrons. The van der Waals surface area contributed by atoms with Crippen LogP contribution in [0.4, 0.5) is 0 Å². The first kappa shape index (κ1) is 54.8. The van der Waals surface area contributed by atoms with Gasteiger partial charge in [-0.1, -0.05) is 13.8 Å². The number of hydrazone groups is 3. The van der Waals surface area contributed by atoms with E-state index in [0.29, 0.717) is 68.5 Å². The van der Waals surface area contributed by atoms with Crippen molar-refractivity contribution < 1.29 is 47.8 Å². The Labute approximate surface area is 355 Å². The smallest absolute Gasteiger partial charge is 0.306 e. The van der Waals surface area contributed by atoms with Crippen molar-refractivity contribution in [1.82, 2.24) is 21.6 Å². The minimum absolute atomic E-state index is 0.00635. The van der Waals surface area contributed by atoms with Crippen LogP contribution in [-0.2, 0) is 47.8 Å². The fraction of sp³-hybridized carbons (Fsp3) is 0.714. The molecule has 0 aliphatic carbocycles. The Morgan fingerprint density at radius 2 is 0.733 bits per heavy atom. The molecule has 0 heterocycles. The third kappa shape index (κ3) is 27.5. The van der Waals surface area contributed by atoms with Crippen molar-refractivity contribution in [2.75, 3.05) is 14.1 Å². The van der Waals surface area contributed by atoms with Gasteiger partial charge in [0, 0.05) is 75.5 Å². The Kier molecular flexibility index (Phi) is 29.0. The zero-order valence-electron chi connectivity index (χ0n) is 37.5. The summed E-state index contributed by atoms with van der Waals surface area (Å²) in [6.45, 7) is 13.7. The fourth-order valence-electron chi connectivity index (χ4n) is 5.08. The van der Waals surface area contributed by atoms with Crippen molar-refractivity contribution in [2.45, 2.75) is 170 Å². The molecule has 18 nitrogen and oxygen atoms in total. The second-order valence-corrected chi connectivity index (χ2v) is 15.1. The van der Waals surface area contributed by atoms with Crippen molar-refractivity contribution in [3.8, 4) is 0 Å². The lowest BCUT2D eigenvalue weighted by Crippen LogP contribution is -2.28. The molecule has 0 rings (SSSR count). The van der Waals surface area contributed by atoms with Crippen LogP contribution in [0, 0.1) is 11.8 Å². The molecule has 4 amide bonds. The Morgan fingerprint density at radius 1 is 0.433 bits per heavy atom. The van der Waals surface area contributed by atoms with Crippen LogP contribution in [0.25, 0.3) is 0 Å². The zero-order valence-corrected chi connectivity index (χ0v) is 37.5. The highest BCUT2D eigenvalue weighted by atomic mass is 16.5. The standard InChI is InChI=1S/C42H70N8O10/c1-27(43-9)19-23-35(51)31(5)33(7)59-41(57)25-21-30(4)47-50-40(56)18-14-13-17-39(55)48-45-28(2)20-24-36(52)32(6)34(8)60-42(58)26-22-29(3)46-49-38(54)16-12-11-15-37(53)44-10/h31-34H,11-26H2,1-10H3,(H,44,53)(H,48,55)(H,49,54)(H,50,56)/b43-27+,45-28+,46-29+,47-30+. The molecule has 4 unspecified atom stereocenters. The fourth-order valence-corrected chi connectivity index (χ4v) is 5.08. The molecule has 0 aliphatic heterocycles. The van der Waals surface area contributed by atoms with E-state index in [1.54, 1.807) is 62.6 Å². The summed E-state index contributed by atoms with van der Waals surface area (Å²) >= 11 is 0. The predicted molar refractivity (Wildman–Crippen MR) is 230 cm³/mol. The van der Waals surface area contributed by atoms with E-state index in [1.165, 1.54) is 0 Å². The Bertz CT molecular complexity index is 1570. The summed E-state index contributed by atoms with van der Waals surface area (Å²) in [5, 5.41) is 14.6. The summed E-state index contributed by atoms with van der Waals surface area (Å²) in [5.74, 6) is -3.08. The second-order valence-electron chi connectivity index (χ2n) is 15.1. The molecule has 0 aromatic rings. The third-order valence-electron chi connectivity index (χ3n) is 9.80. The van der Waals surface area contributed by atoms with E-state index in [0.717, 1.165) is 5.71 Å². The molecular weight excluding hydrogens is 777 g/mol. The lowest BCUT2D eigenvalue weighted by Gasteiger charge is -2.19. The first-order chi connectivity index (χ1) is 28.3. The molecule has 0 spiro atoms. The van der Waals surface area contributed by atoms with Crippen molar-refractivity contribution in [2.24, 2.45) is 32.1 Å². The molecule has 18 heteroatoms. The maximum Gasteiger partial charge on any atom is 0.306 e. The summed E-state index contributed by atoms with van der Waals surface area (Å²) in [6.07, 6.45) is 3.64. The van der Waals surface area contributed by atoms with Crippen LogP contribution >= 0.6 is 0 Å². The molecule has 0 aromatic carbocycles. The van der Waals surface area contributed by atoms with Gasteiger partial charge >= 0.3 is 11.9 Å². The number of nitrogens with zero attached hydrogens (tertiary/aromatic N) is 4. The number of carbonyl (C=O) groups excluding carboxylic acids is 8. The Morgan fingerprint density at radius 3 is 1.05 bits per heavy atom. The molecule has 0 aromatic heterocycles. The first-order valence-electron chi connectivity index (χ1n) is 20.8. The summed E-state index contributed by atoms with van der Waals surface area (Å²) < 4.78 is 10.9. The average molecular weight is 847 g/mol. The van der Waals surface area contributed by atoms with E-state index < -0.39 is 36.0 Å². The quantitative estimate of drug-likeness (QED) is 0.0321. The number of nitrogens with one attached hydrogen (secondary N) is 4. The number of ketones is 2. The number of amides is 4. The maximum absolute atomic E-state index is 12.8. The van der Waals surface area contributed by atoms with E-state index >= 15 is 0 Å². The number of hydrogen-bond acceptors (Lipinski definition) is 14. The molecule has 0 saturated carbocycles. The van der Waals surface area contributed by atoms with Gasteiger partial charge in [0.15, 0.2) is 0 Å². The molecule has 0 saturated heterocycles. The van der Waals surface area contributed by atoms with Crippen molar-refractivity contribution >= 4 is 70.0 Å². The van der Waals surface area contributed by atoms with Crippen LogP contribution in [0.15, 0.2) is 20.3 Å². The molecule has 0 radical (unpaired) electrons. The number of ether oxygens (including phenoxy) is 2. The SMILES string of the molecule is C/N=C(\C)CCC(=O)C(C)C(C)OC(=O)CC/C(C)=N/NC(=O)CCCCC(=O)N/N=C(\C)CCC(=O)C(C)C(C)OC(=O)CC/C(C)=N/NC(=O)CCCCC(=O)NC. The monoisotopic (exact) mass is 847 g/mol. The maximum atomic E-state index is 12.8. The highest BCUT2D eigenvalue weighted by Gasteiger charge is 2.24. The number of carbonyl (C=O) groups is 8. The van der Waals surface area contributed by atoms with Crippen LogP contribution in [0.1, 0.15) is 158 Å². The second kappa shape index (κ2) is 31.7. The van der Waals surface area contributed by atoms with Crippen LogP contribution in [-0.4, -0.2) is 96.3 Å². The number of hydrogen-bond donors (Lipinski definition) is 4. The van der Waals surface area contributed by atoms with Gasteiger partial charge in [0.25, 0.3) is 0 Å². The summed E-state index contributed by atoms with van der Waals surface area (Å²) in [6, 6.07) is 0. The molecule has 4 N–H and O–H groups in total. The predicted octanol–water partition coefficient (Wildman–Crippen LogP) is 4.81. The van der Waals surface area contributed by atoms with E-state index in [-0.39, 0.29) is 86.6 Å².